The number of fused-ring (bicyclic) bond motifs is 1. The molecule has 0 spiro atoms. The molecule has 6 nitrogen and oxygen atoms in total. The molecule has 2 aromatic carbocycles. The number of methoxy groups -OCH3 is 1. The highest BCUT2D eigenvalue weighted by Gasteiger charge is 2.34. The number of hydrogen-bond donors (Lipinski definition) is 1. The molecule has 0 unspecified atom stereocenters. The Morgan fingerprint density at radius 2 is 1.77 bits per heavy atom. The summed E-state index contributed by atoms with van der Waals surface area (Å²) >= 11 is 1.31. The van der Waals surface area contributed by atoms with E-state index >= 15 is 0 Å². The largest absolute Gasteiger partial charge is 0.465 e. The molecule has 0 bridgehead atoms. The number of carbonyl (C=O) groups excluding carboxylic acids is 2. The van der Waals surface area contributed by atoms with Gasteiger partial charge in [0.15, 0.2) is 0 Å². The van der Waals surface area contributed by atoms with Crippen LogP contribution < -0.4 is 5.32 Å². The third-order valence-electron chi connectivity index (χ3n) is 5.11. The Balaban J connectivity index is 1.75. The van der Waals surface area contributed by atoms with Crippen molar-refractivity contribution in [1.29, 1.82) is 0 Å². The quantitative estimate of drug-likeness (QED) is 0.615. The van der Waals surface area contributed by atoms with Crippen LogP contribution >= 0.6 is 11.3 Å². The number of benzene rings is 2. The number of rotatable bonds is 4. The molecular formula is C22H19NO5S2. The van der Waals surface area contributed by atoms with Gasteiger partial charge >= 0.3 is 5.97 Å². The van der Waals surface area contributed by atoms with Crippen LogP contribution in [-0.4, -0.2) is 27.4 Å². The summed E-state index contributed by atoms with van der Waals surface area (Å²) in [6.45, 7) is 1.89. The van der Waals surface area contributed by atoms with E-state index in [1.165, 1.54) is 18.4 Å². The minimum Gasteiger partial charge on any atom is -0.465 e. The third-order valence-corrected chi connectivity index (χ3v) is 8.15. The number of ether oxygens (including phenoxy) is 1. The number of nitrogens with one attached hydrogen (secondary N) is 1. The average Bonchev–Trinajstić information content (AvgIpc) is 3.17. The van der Waals surface area contributed by atoms with Crippen LogP contribution in [0.1, 0.15) is 38.7 Å². The fourth-order valence-electron chi connectivity index (χ4n) is 3.49. The first-order valence-electron chi connectivity index (χ1n) is 9.22. The molecule has 0 aliphatic carbocycles. The Hall–Kier alpha value is -2.97. The first-order chi connectivity index (χ1) is 14.3. The number of hydrogen-bond acceptors (Lipinski definition) is 6. The lowest BCUT2D eigenvalue weighted by Crippen LogP contribution is -2.23. The Kier molecular flexibility index (Phi) is 5.21. The van der Waals surface area contributed by atoms with E-state index in [1.54, 1.807) is 53.9 Å². The molecule has 0 saturated heterocycles. The van der Waals surface area contributed by atoms with Crippen molar-refractivity contribution in [3.63, 3.8) is 0 Å². The van der Waals surface area contributed by atoms with Crippen LogP contribution in [-0.2, 0) is 19.4 Å². The van der Waals surface area contributed by atoms with Crippen molar-refractivity contribution < 1.29 is 22.7 Å². The second-order valence-corrected chi connectivity index (χ2v) is 9.90. The van der Waals surface area contributed by atoms with Gasteiger partial charge < -0.3 is 10.1 Å². The van der Waals surface area contributed by atoms with Gasteiger partial charge in [-0.05, 0) is 36.8 Å². The van der Waals surface area contributed by atoms with Gasteiger partial charge in [0.2, 0.25) is 15.7 Å². The molecule has 30 heavy (non-hydrogen) atoms. The lowest BCUT2D eigenvalue weighted by atomic mass is 9.90. The minimum atomic E-state index is -3.77. The van der Waals surface area contributed by atoms with Crippen LogP contribution in [0.15, 0.2) is 63.7 Å². The van der Waals surface area contributed by atoms with Gasteiger partial charge in [0.05, 0.1) is 23.3 Å². The molecule has 2 heterocycles. The number of sulfone groups is 1. The molecule has 4 rings (SSSR count). The first-order valence-corrected chi connectivity index (χ1v) is 11.6. The van der Waals surface area contributed by atoms with E-state index in [-0.39, 0.29) is 28.0 Å². The van der Waals surface area contributed by atoms with E-state index in [0.29, 0.717) is 11.3 Å². The standard InChI is InChI=1S/C22H19NO5S2/c1-13-3-9-16(10-4-13)30(26,27)18-12-29-21-17(11-19(24)23-20(18)21)14-5-7-15(8-6-14)22(25)28-2/h3-10,12,17H,11H2,1-2H3,(H,23,24)/t17-/m0/s1. The highest BCUT2D eigenvalue weighted by Crippen LogP contribution is 2.45. The molecule has 1 amide bonds. The molecule has 0 radical (unpaired) electrons. The number of aryl methyl sites for hydroxylation is 1. The zero-order valence-corrected chi connectivity index (χ0v) is 18.0. The van der Waals surface area contributed by atoms with Crippen molar-refractivity contribution in [3.8, 4) is 0 Å². The molecule has 3 aromatic rings. The zero-order chi connectivity index (χ0) is 21.5. The molecular weight excluding hydrogens is 422 g/mol. The summed E-state index contributed by atoms with van der Waals surface area (Å²) < 4.78 is 31.1. The minimum absolute atomic E-state index is 0.107. The fraction of sp³-hybridized carbons (Fsp3) is 0.182. The maximum absolute atomic E-state index is 13.2. The molecule has 8 heteroatoms. The Labute approximate surface area is 178 Å². The van der Waals surface area contributed by atoms with Crippen molar-refractivity contribution in [3.05, 3.63) is 75.5 Å². The van der Waals surface area contributed by atoms with Gasteiger partial charge in [-0.3, -0.25) is 4.79 Å². The van der Waals surface area contributed by atoms with E-state index in [0.717, 1.165) is 16.0 Å². The fourth-order valence-corrected chi connectivity index (χ4v) is 6.39. The molecule has 1 aliphatic heterocycles. The van der Waals surface area contributed by atoms with E-state index in [1.807, 2.05) is 6.92 Å². The lowest BCUT2D eigenvalue weighted by molar-refractivity contribution is -0.116. The number of anilines is 1. The predicted molar refractivity (Wildman–Crippen MR) is 114 cm³/mol. The van der Waals surface area contributed by atoms with Crippen molar-refractivity contribution in [2.75, 3.05) is 12.4 Å². The molecule has 1 atom stereocenters. The van der Waals surface area contributed by atoms with Gasteiger partial charge in [-0.15, -0.1) is 11.3 Å². The van der Waals surface area contributed by atoms with Crippen molar-refractivity contribution >= 4 is 38.7 Å². The Morgan fingerprint density at radius 1 is 1.10 bits per heavy atom. The van der Waals surface area contributed by atoms with Crippen LogP contribution in [0.4, 0.5) is 5.69 Å². The maximum Gasteiger partial charge on any atom is 0.337 e. The summed E-state index contributed by atoms with van der Waals surface area (Å²) in [5.74, 6) is -0.970. The van der Waals surface area contributed by atoms with Crippen molar-refractivity contribution in [2.45, 2.75) is 29.1 Å². The summed E-state index contributed by atoms with van der Waals surface area (Å²) in [4.78, 5) is 25.2. The summed E-state index contributed by atoms with van der Waals surface area (Å²) in [7, 11) is -2.45. The smallest absolute Gasteiger partial charge is 0.337 e. The molecule has 0 saturated carbocycles. The normalized spacial score (nSPS) is 15.9. The molecule has 154 valence electrons. The summed E-state index contributed by atoms with van der Waals surface area (Å²) in [5.41, 5.74) is 2.55. The highest BCUT2D eigenvalue weighted by molar-refractivity contribution is 7.91. The monoisotopic (exact) mass is 441 g/mol. The molecule has 1 aromatic heterocycles. The zero-order valence-electron chi connectivity index (χ0n) is 16.3. The third kappa shape index (κ3) is 3.53. The van der Waals surface area contributed by atoms with Crippen molar-refractivity contribution in [2.24, 2.45) is 0 Å². The molecule has 1 N–H and O–H groups in total. The lowest BCUT2D eigenvalue weighted by Gasteiger charge is -2.24. The predicted octanol–water partition coefficient (Wildman–Crippen LogP) is 4.15. The second kappa shape index (κ2) is 7.70. The summed E-state index contributed by atoms with van der Waals surface area (Å²) in [6, 6.07) is 13.5. The Bertz CT molecular complexity index is 1230. The van der Waals surface area contributed by atoms with Crippen LogP contribution in [0.2, 0.25) is 0 Å². The van der Waals surface area contributed by atoms with E-state index in [2.05, 4.69) is 5.32 Å². The number of thiophene rings is 1. The van der Waals surface area contributed by atoms with E-state index in [9.17, 15) is 18.0 Å². The first kappa shape index (κ1) is 20.3. The van der Waals surface area contributed by atoms with E-state index < -0.39 is 15.8 Å². The van der Waals surface area contributed by atoms with E-state index in [4.69, 9.17) is 4.74 Å². The maximum atomic E-state index is 13.2. The van der Waals surface area contributed by atoms with Crippen LogP contribution in [0.25, 0.3) is 0 Å². The molecule has 1 aliphatic rings. The Morgan fingerprint density at radius 3 is 2.40 bits per heavy atom. The van der Waals surface area contributed by atoms with Gasteiger partial charge in [0, 0.05) is 22.6 Å². The van der Waals surface area contributed by atoms with Gasteiger partial charge in [-0.25, -0.2) is 13.2 Å². The van der Waals surface area contributed by atoms with Crippen molar-refractivity contribution in [1.82, 2.24) is 0 Å². The van der Waals surface area contributed by atoms with Crippen LogP contribution in [0, 0.1) is 6.92 Å². The topological polar surface area (TPSA) is 89.5 Å². The number of esters is 1. The summed E-state index contributed by atoms with van der Waals surface area (Å²) in [6.07, 6.45) is 0.203. The summed E-state index contributed by atoms with van der Waals surface area (Å²) in [5, 5.41) is 4.34. The van der Waals surface area contributed by atoms with Crippen LogP contribution in [0.3, 0.4) is 0 Å². The number of amides is 1. The number of carbonyl (C=O) groups is 2. The average molecular weight is 442 g/mol. The van der Waals surface area contributed by atoms with Gasteiger partial charge in [0.1, 0.15) is 4.90 Å². The SMILES string of the molecule is COC(=O)c1ccc([C@@H]2CC(=O)Nc3c(S(=O)(=O)c4ccc(C)cc4)csc32)cc1. The van der Waals surface area contributed by atoms with Gasteiger partial charge in [-0.2, -0.15) is 0 Å². The molecule has 0 fully saturated rings. The highest BCUT2D eigenvalue weighted by atomic mass is 32.2. The second-order valence-electron chi connectivity index (χ2n) is 7.07. The van der Waals surface area contributed by atoms with Gasteiger partial charge in [0.25, 0.3) is 0 Å². The van der Waals surface area contributed by atoms with Crippen LogP contribution in [0.5, 0.6) is 0 Å². The van der Waals surface area contributed by atoms with Gasteiger partial charge in [-0.1, -0.05) is 29.8 Å².